The SMILES string of the molecule is CC(NC(=O)[C@@H](CC(=O)Cc1ccccc1)Cc1ccccc1)C(=O)C(=O)N[C@@H](Cc1ccccc1F)C(=O)C[C@@H](Cc1ccc(-c2ccccc2)cc1)C(N)=O. The lowest BCUT2D eigenvalue weighted by atomic mass is 9.89. The lowest BCUT2D eigenvalue weighted by Crippen LogP contribution is -2.52. The summed E-state index contributed by atoms with van der Waals surface area (Å²) < 4.78 is 14.8. The molecule has 10 heteroatoms. The average Bonchev–Trinajstić information content (AvgIpc) is 3.21. The Morgan fingerprint density at radius 1 is 0.579 bits per heavy atom. The highest BCUT2D eigenvalue weighted by atomic mass is 19.1. The van der Waals surface area contributed by atoms with E-state index >= 15 is 0 Å². The number of hydrogen-bond donors (Lipinski definition) is 3. The second kappa shape index (κ2) is 20.4. The third-order valence-electron chi connectivity index (χ3n) is 9.86. The fraction of sp³-hybridized carbons (Fsp3) is 0.234. The standard InChI is InChI=1S/C47H46FN3O6/c1-31(50-46(56)39(26-32-13-5-2-6-14-32)28-40(52)27-33-15-7-3-8-16-33)44(54)47(57)51-42(29-37-19-11-12-20-41(37)48)43(53)30-38(45(49)55)25-34-21-23-36(24-22-34)35-17-9-4-10-18-35/h2-24,31,38-39,42H,25-30H2,1H3,(H2,49,55)(H,50,56)(H,51,57)/t31?,38-,39-,42+/m1/s1. The van der Waals surface area contributed by atoms with Crippen LogP contribution in [0.3, 0.4) is 0 Å². The van der Waals surface area contributed by atoms with Gasteiger partial charge < -0.3 is 16.4 Å². The fourth-order valence-electron chi connectivity index (χ4n) is 6.69. The predicted molar refractivity (Wildman–Crippen MR) is 216 cm³/mol. The van der Waals surface area contributed by atoms with E-state index in [0.717, 1.165) is 27.8 Å². The van der Waals surface area contributed by atoms with Gasteiger partial charge in [0.15, 0.2) is 5.78 Å². The molecule has 0 fully saturated rings. The summed E-state index contributed by atoms with van der Waals surface area (Å²) >= 11 is 0. The molecule has 1 unspecified atom stereocenters. The van der Waals surface area contributed by atoms with E-state index < -0.39 is 59.0 Å². The van der Waals surface area contributed by atoms with Crippen molar-refractivity contribution in [2.24, 2.45) is 17.6 Å². The Bertz CT molecular complexity index is 2160. The Morgan fingerprint density at radius 2 is 1.11 bits per heavy atom. The number of amides is 3. The maximum atomic E-state index is 14.8. The van der Waals surface area contributed by atoms with Crippen LogP contribution in [0, 0.1) is 17.7 Å². The monoisotopic (exact) mass is 767 g/mol. The molecule has 0 aliphatic heterocycles. The first-order chi connectivity index (χ1) is 27.5. The van der Waals surface area contributed by atoms with Gasteiger partial charge in [-0.05, 0) is 59.2 Å². The highest BCUT2D eigenvalue weighted by molar-refractivity contribution is 6.38. The van der Waals surface area contributed by atoms with Crippen LogP contribution >= 0.6 is 0 Å². The first-order valence-corrected chi connectivity index (χ1v) is 18.9. The number of ketones is 3. The molecule has 4 atom stereocenters. The van der Waals surface area contributed by atoms with Crippen LogP contribution in [0.5, 0.6) is 0 Å². The summed E-state index contributed by atoms with van der Waals surface area (Å²) in [4.78, 5) is 80.1. The Hall–Kier alpha value is -6.55. The molecule has 4 N–H and O–H groups in total. The van der Waals surface area contributed by atoms with Gasteiger partial charge in [0.05, 0.1) is 12.1 Å². The van der Waals surface area contributed by atoms with Crippen LogP contribution in [0.1, 0.15) is 42.0 Å². The number of carbonyl (C=O) groups is 6. The van der Waals surface area contributed by atoms with Crippen molar-refractivity contribution >= 4 is 35.1 Å². The van der Waals surface area contributed by atoms with Gasteiger partial charge in [0.25, 0.3) is 5.91 Å². The number of nitrogens with one attached hydrogen (secondary N) is 2. The molecule has 5 aromatic carbocycles. The average molecular weight is 768 g/mol. The van der Waals surface area contributed by atoms with Crippen molar-refractivity contribution in [3.05, 3.63) is 168 Å². The first-order valence-electron chi connectivity index (χ1n) is 18.9. The molecule has 0 saturated carbocycles. The third kappa shape index (κ3) is 12.5. The Balaban J connectivity index is 1.27. The van der Waals surface area contributed by atoms with Crippen LogP contribution in [-0.2, 0) is 54.5 Å². The zero-order valence-electron chi connectivity index (χ0n) is 31.7. The molecule has 0 heterocycles. The minimum absolute atomic E-state index is 0.0971. The van der Waals surface area contributed by atoms with Gasteiger partial charge in [-0.3, -0.25) is 28.8 Å². The summed E-state index contributed by atoms with van der Waals surface area (Å²) in [5.41, 5.74) is 10.2. The topological polar surface area (TPSA) is 152 Å². The summed E-state index contributed by atoms with van der Waals surface area (Å²) in [6.07, 6.45) is -0.293. The summed E-state index contributed by atoms with van der Waals surface area (Å²) in [5.74, 6) is -6.74. The van der Waals surface area contributed by atoms with Crippen LogP contribution in [0.2, 0.25) is 0 Å². The van der Waals surface area contributed by atoms with E-state index in [4.69, 9.17) is 5.73 Å². The zero-order valence-corrected chi connectivity index (χ0v) is 31.7. The Kier molecular flexibility index (Phi) is 14.9. The van der Waals surface area contributed by atoms with Crippen molar-refractivity contribution < 1.29 is 33.2 Å². The quantitative estimate of drug-likeness (QED) is 0.0832. The van der Waals surface area contributed by atoms with Gasteiger partial charge in [0.2, 0.25) is 17.6 Å². The smallest absolute Gasteiger partial charge is 0.290 e. The van der Waals surface area contributed by atoms with Gasteiger partial charge in [-0.25, -0.2) is 4.39 Å². The van der Waals surface area contributed by atoms with E-state index in [9.17, 15) is 33.2 Å². The van der Waals surface area contributed by atoms with Crippen LogP contribution in [0.15, 0.2) is 140 Å². The largest absolute Gasteiger partial charge is 0.369 e. The number of carbonyl (C=O) groups excluding carboxylic acids is 6. The maximum Gasteiger partial charge on any atom is 0.290 e. The van der Waals surface area contributed by atoms with E-state index in [1.807, 2.05) is 115 Å². The molecule has 5 rings (SSSR count). The van der Waals surface area contributed by atoms with Crippen molar-refractivity contribution in [1.29, 1.82) is 0 Å². The minimum Gasteiger partial charge on any atom is -0.369 e. The molecular formula is C47H46FN3O6. The van der Waals surface area contributed by atoms with Gasteiger partial charge in [0, 0.05) is 37.5 Å². The predicted octanol–water partition coefficient (Wildman–Crippen LogP) is 5.96. The van der Waals surface area contributed by atoms with E-state index in [1.165, 1.54) is 25.1 Å². The molecule has 0 spiro atoms. The summed E-state index contributed by atoms with van der Waals surface area (Å²) in [5, 5.41) is 5.04. The summed E-state index contributed by atoms with van der Waals surface area (Å²) in [7, 11) is 0. The molecule has 0 aliphatic carbocycles. The van der Waals surface area contributed by atoms with Crippen molar-refractivity contribution in [3.63, 3.8) is 0 Å². The summed E-state index contributed by atoms with van der Waals surface area (Å²) in [6.45, 7) is 1.34. The van der Waals surface area contributed by atoms with Crippen LogP contribution in [0.4, 0.5) is 4.39 Å². The zero-order chi connectivity index (χ0) is 40.7. The molecular weight excluding hydrogens is 722 g/mol. The molecule has 0 saturated heterocycles. The number of halogens is 1. The Morgan fingerprint density at radius 3 is 1.72 bits per heavy atom. The van der Waals surface area contributed by atoms with Gasteiger partial charge in [0.1, 0.15) is 11.6 Å². The molecule has 0 aliphatic rings. The van der Waals surface area contributed by atoms with Gasteiger partial charge >= 0.3 is 0 Å². The van der Waals surface area contributed by atoms with Crippen molar-refractivity contribution in [3.8, 4) is 11.1 Å². The first kappa shape index (κ1) is 41.6. The number of rotatable bonds is 20. The lowest BCUT2D eigenvalue weighted by molar-refractivity contribution is -0.141. The van der Waals surface area contributed by atoms with Crippen LogP contribution < -0.4 is 16.4 Å². The number of primary amides is 1. The van der Waals surface area contributed by atoms with Crippen LogP contribution in [-0.4, -0.2) is 47.2 Å². The Labute approximate surface area is 331 Å². The van der Waals surface area contributed by atoms with Crippen molar-refractivity contribution in [2.75, 3.05) is 0 Å². The number of Topliss-reactive ketones (excluding diaryl/α,β-unsaturated/α-hetero) is 3. The minimum atomic E-state index is -1.40. The van der Waals surface area contributed by atoms with Crippen molar-refractivity contribution in [2.45, 2.75) is 57.5 Å². The number of hydrogen-bond acceptors (Lipinski definition) is 6. The van der Waals surface area contributed by atoms with Crippen molar-refractivity contribution in [1.82, 2.24) is 10.6 Å². The number of nitrogens with two attached hydrogens (primary N) is 1. The molecule has 9 nitrogen and oxygen atoms in total. The highest BCUT2D eigenvalue weighted by Crippen LogP contribution is 2.22. The van der Waals surface area contributed by atoms with E-state index in [2.05, 4.69) is 10.6 Å². The third-order valence-corrected chi connectivity index (χ3v) is 9.86. The second-order valence-electron chi connectivity index (χ2n) is 14.2. The molecule has 292 valence electrons. The van der Waals surface area contributed by atoms with Gasteiger partial charge in [-0.1, -0.05) is 133 Å². The normalized spacial score (nSPS) is 13.0. The fourth-order valence-corrected chi connectivity index (χ4v) is 6.69. The molecule has 5 aromatic rings. The molecule has 57 heavy (non-hydrogen) atoms. The van der Waals surface area contributed by atoms with Gasteiger partial charge in [-0.15, -0.1) is 0 Å². The maximum absolute atomic E-state index is 14.8. The molecule has 0 bridgehead atoms. The lowest BCUT2D eigenvalue weighted by Gasteiger charge is -2.22. The summed E-state index contributed by atoms with van der Waals surface area (Å²) in [6, 6.07) is 38.5. The molecule has 3 amide bonds. The molecule has 0 aromatic heterocycles. The molecule has 0 radical (unpaired) electrons. The van der Waals surface area contributed by atoms with Crippen LogP contribution in [0.25, 0.3) is 11.1 Å². The van der Waals surface area contributed by atoms with E-state index in [0.29, 0.717) is 0 Å². The number of benzene rings is 5. The second-order valence-corrected chi connectivity index (χ2v) is 14.2. The van der Waals surface area contributed by atoms with Gasteiger partial charge in [-0.2, -0.15) is 0 Å². The van der Waals surface area contributed by atoms with E-state index in [-0.39, 0.29) is 49.9 Å². The van der Waals surface area contributed by atoms with E-state index in [1.54, 1.807) is 6.07 Å². The highest BCUT2D eigenvalue weighted by Gasteiger charge is 2.32.